The molecule has 1 saturated heterocycles. The second kappa shape index (κ2) is 7.75. The average molecular weight is 328 g/mol. The van der Waals surface area contributed by atoms with E-state index in [0.29, 0.717) is 5.92 Å². The van der Waals surface area contributed by atoms with Crippen molar-refractivity contribution in [1.82, 2.24) is 10.2 Å². The van der Waals surface area contributed by atoms with Crippen LogP contribution in [0.4, 0.5) is 0 Å². The lowest BCUT2D eigenvalue weighted by atomic mass is 9.96. The number of rotatable bonds is 5. The highest BCUT2D eigenvalue weighted by Gasteiger charge is 2.20. The molecule has 2 aromatic rings. The van der Waals surface area contributed by atoms with Gasteiger partial charge in [0, 0.05) is 23.5 Å². The minimum Gasteiger partial charge on any atom is -0.352 e. The fourth-order valence-electron chi connectivity index (χ4n) is 3.10. The van der Waals surface area contributed by atoms with Gasteiger partial charge in [0.1, 0.15) is 0 Å². The number of piperidine rings is 1. The van der Waals surface area contributed by atoms with Gasteiger partial charge in [-0.25, -0.2) is 0 Å². The second-order valence-corrected chi connectivity index (χ2v) is 7.41. The molecule has 1 aliphatic heterocycles. The molecule has 1 N–H and O–H groups in total. The molecule has 4 heteroatoms. The van der Waals surface area contributed by atoms with Crippen molar-refractivity contribution in [3.8, 4) is 0 Å². The van der Waals surface area contributed by atoms with Gasteiger partial charge in [-0.1, -0.05) is 23.8 Å². The summed E-state index contributed by atoms with van der Waals surface area (Å²) in [5.74, 6) is 0.651. The second-order valence-electron chi connectivity index (χ2n) is 6.38. The fourth-order valence-corrected chi connectivity index (χ4v) is 3.84. The maximum Gasteiger partial charge on any atom is 0.251 e. The fraction of sp³-hybridized carbons (Fsp3) is 0.421. The first-order valence-corrected chi connectivity index (χ1v) is 9.18. The third-order valence-corrected chi connectivity index (χ3v) is 5.36. The van der Waals surface area contributed by atoms with E-state index in [1.165, 1.54) is 17.7 Å². The standard InChI is InChI=1S/C19H24N2OS/c1-15-4-2-5-17(12-15)19(22)20-13-16-7-9-21(10-8-16)14-18-6-3-11-23-18/h2-6,11-12,16H,7-10,13-14H2,1H3,(H,20,22). The highest BCUT2D eigenvalue weighted by atomic mass is 32.1. The van der Waals surface area contributed by atoms with Gasteiger partial charge in [0.25, 0.3) is 5.91 Å². The minimum atomic E-state index is 0.0507. The molecule has 3 rings (SSSR count). The van der Waals surface area contributed by atoms with Crippen LogP contribution in [0, 0.1) is 12.8 Å². The Hall–Kier alpha value is -1.65. The van der Waals surface area contributed by atoms with E-state index in [9.17, 15) is 4.79 Å². The Morgan fingerprint density at radius 2 is 2.09 bits per heavy atom. The van der Waals surface area contributed by atoms with Crippen molar-refractivity contribution >= 4 is 17.2 Å². The summed E-state index contributed by atoms with van der Waals surface area (Å²) in [6.07, 6.45) is 2.33. The molecule has 1 aromatic heterocycles. The summed E-state index contributed by atoms with van der Waals surface area (Å²) < 4.78 is 0. The molecular formula is C19H24N2OS. The number of aryl methyl sites for hydroxylation is 1. The van der Waals surface area contributed by atoms with Crippen molar-refractivity contribution < 1.29 is 4.79 Å². The highest BCUT2D eigenvalue weighted by molar-refractivity contribution is 7.09. The summed E-state index contributed by atoms with van der Waals surface area (Å²) in [6.45, 7) is 6.13. The molecule has 3 nitrogen and oxygen atoms in total. The maximum absolute atomic E-state index is 12.2. The van der Waals surface area contributed by atoms with Crippen LogP contribution in [0.3, 0.4) is 0 Å². The van der Waals surface area contributed by atoms with E-state index in [1.54, 1.807) is 0 Å². The Balaban J connectivity index is 1.41. The van der Waals surface area contributed by atoms with Gasteiger partial charge in [0.05, 0.1) is 0 Å². The highest BCUT2D eigenvalue weighted by Crippen LogP contribution is 2.20. The average Bonchev–Trinajstić information content (AvgIpc) is 3.07. The molecule has 1 aromatic carbocycles. The Morgan fingerprint density at radius 1 is 1.26 bits per heavy atom. The number of hydrogen-bond acceptors (Lipinski definition) is 3. The Labute approximate surface area is 142 Å². The first-order valence-electron chi connectivity index (χ1n) is 8.30. The molecule has 1 aliphatic rings. The van der Waals surface area contributed by atoms with Gasteiger partial charge in [-0.3, -0.25) is 9.69 Å². The summed E-state index contributed by atoms with van der Waals surface area (Å²) >= 11 is 1.83. The van der Waals surface area contributed by atoms with E-state index in [1.807, 2.05) is 42.5 Å². The summed E-state index contributed by atoms with van der Waals surface area (Å²) in [7, 11) is 0. The van der Waals surface area contributed by atoms with Crippen LogP contribution in [0.2, 0.25) is 0 Å². The molecule has 2 heterocycles. The van der Waals surface area contributed by atoms with Gasteiger partial charge in [-0.2, -0.15) is 0 Å². The Bertz CT molecular complexity index is 631. The normalized spacial score (nSPS) is 16.4. The van der Waals surface area contributed by atoms with Gasteiger partial charge in [-0.15, -0.1) is 11.3 Å². The van der Waals surface area contributed by atoms with E-state index >= 15 is 0 Å². The van der Waals surface area contributed by atoms with Crippen LogP contribution in [-0.2, 0) is 6.54 Å². The molecule has 0 spiro atoms. The van der Waals surface area contributed by atoms with Crippen molar-refractivity contribution in [2.75, 3.05) is 19.6 Å². The number of likely N-dealkylation sites (tertiary alicyclic amines) is 1. The number of carbonyl (C=O) groups excluding carboxylic acids is 1. The van der Waals surface area contributed by atoms with Gasteiger partial charge >= 0.3 is 0 Å². The summed E-state index contributed by atoms with van der Waals surface area (Å²) in [5, 5.41) is 5.24. The third kappa shape index (κ3) is 4.66. The zero-order valence-corrected chi connectivity index (χ0v) is 14.4. The molecule has 0 radical (unpaired) electrons. The summed E-state index contributed by atoms with van der Waals surface area (Å²) in [5.41, 5.74) is 1.89. The molecule has 1 amide bonds. The largest absolute Gasteiger partial charge is 0.352 e. The lowest BCUT2D eigenvalue weighted by Crippen LogP contribution is -2.38. The van der Waals surface area contributed by atoms with Crippen LogP contribution >= 0.6 is 11.3 Å². The molecular weight excluding hydrogens is 304 g/mol. The molecule has 0 atom stereocenters. The smallest absolute Gasteiger partial charge is 0.251 e. The predicted octanol–water partition coefficient (Wildman–Crippen LogP) is 3.70. The van der Waals surface area contributed by atoms with Gasteiger partial charge < -0.3 is 5.32 Å². The topological polar surface area (TPSA) is 32.3 Å². The maximum atomic E-state index is 12.2. The predicted molar refractivity (Wildman–Crippen MR) is 95.8 cm³/mol. The monoisotopic (exact) mass is 328 g/mol. The number of nitrogens with one attached hydrogen (secondary N) is 1. The van der Waals surface area contributed by atoms with Crippen molar-refractivity contribution in [2.45, 2.75) is 26.3 Å². The lowest BCUT2D eigenvalue weighted by Gasteiger charge is -2.31. The molecule has 0 aliphatic carbocycles. The summed E-state index contributed by atoms with van der Waals surface area (Å²) in [6, 6.07) is 12.1. The molecule has 1 fully saturated rings. The van der Waals surface area contributed by atoms with Crippen LogP contribution in [-0.4, -0.2) is 30.4 Å². The van der Waals surface area contributed by atoms with Crippen LogP contribution < -0.4 is 5.32 Å². The molecule has 0 saturated carbocycles. The van der Waals surface area contributed by atoms with E-state index in [0.717, 1.165) is 37.3 Å². The van der Waals surface area contributed by atoms with E-state index in [-0.39, 0.29) is 5.91 Å². The molecule has 23 heavy (non-hydrogen) atoms. The first-order chi connectivity index (χ1) is 11.2. The van der Waals surface area contributed by atoms with Gasteiger partial charge in [0.2, 0.25) is 0 Å². The van der Waals surface area contributed by atoms with Crippen molar-refractivity contribution in [3.05, 3.63) is 57.8 Å². The van der Waals surface area contributed by atoms with E-state index in [4.69, 9.17) is 0 Å². The molecule has 0 bridgehead atoms. The number of carbonyl (C=O) groups is 1. The number of nitrogens with zero attached hydrogens (tertiary/aromatic N) is 1. The number of benzene rings is 1. The van der Waals surface area contributed by atoms with Gasteiger partial charge in [0.15, 0.2) is 0 Å². The Kier molecular flexibility index (Phi) is 5.47. The SMILES string of the molecule is Cc1cccc(C(=O)NCC2CCN(Cc3cccs3)CC2)c1. The zero-order chi connectivity index (χ0) is 16.1. The van der Waals surface area contributed by atoms with E-state index < -0.39 is 0 Å². The quantitative estimate of drug-likeness (QED) is 0.908. The van der Waals surface area contributed by atoms with E-state index in [2.05, 4.69) is 27.7 Å². The van der Waals surface area contributed by atoms with Crippen LogP contribution in [0.25, 0.3) is 0 Å². The van der Waals surface area contributed by atoms with Crippen molar-refractivity contribution in [1.29, 1.82) is 0 Å². The van der Waals surface area contributed by atoms with Crippen LogP contribution in [0.5, 0.6) is 0 Å². The molecule has 122 valence electrons. The first kappa shape index (κ1) is 16.2. The number of thiophene rings is 1. The van der Waals surface area contributed by atoms with Gasteiger partial charge in [-0.05, 0) is 62.4 Å². The van der Waals surface area contributed by atoms with Crippen LogP contribution in [0.15, 0.2) is 41.8 Å². The van der Waals surface area contributed by atoms with Crippen molar-refractivity contribution in [3.63, 3.8) is 0 Å². The van der Waals surface area contributed by atoms with Crippen molar-refractivity contribution in [2.24, 2.45) is 5.92 Å². The third-order valence-electron chi connectivity index (χ3n) is 4.50. The lowest BCUT2D eigenvalue weighted by molar-refractivity contribution is 0.0935. The summed E-state index contributed by atoms with van der Waals surface area (Å²) in [4.78, 5) is 16.2. The number of hydrogen-bond donors (Lipinski definition) is 1. The van der Waals surface area contributed by atoms with Crippen LogP contribution in [0.1, 0.15) is 33.6 Å². The zero-order valence-electron chi connectivity index (χ0n) is 13.6. The molecule has 0 unspecified atom stereocenters. The number of amides is 1. The minimum absolute atomic E-state index is 0.0507. The Morgan fingerprint density at radius 3 is 2.78 bits per heavy atom.